The molecule has 0 aromatic carbocycles. The minimum Gasteiger partial charge on any atom is -0.383 e. The van der Waals surface area contributed by atoms with E-state index in [1.807, 2.05) is 13.8 Å². The number of nitrogens with zero attached hydrogens (tertiary/aromatic N) is 2. The highest BCUT2D eigenvalue weighted by molar-refractivity contribution is 4.91. The molecule has 0 unspecified atom stereocenters. The summed E-state index contributed by atoms with van der Waals surface area (Å²) < 4.78 is 4.99. The summed E-state index contributed by atoms with van der Waals surface area (Å²) in [5, 5.41) is 8.82. The minimum atomic E-state index is -0.178. The van der Waals surface area contributed by atoms with Gasteiger partial charge in [-0.15, -0.1) is 0 Å². The van der Waals surface area contributed by atoms with E-state index in [1.54, 1.807) is 7.11 Å². The highest BCUT2D eigenvalue weighted by Gasteiger charge is 2.15. The molecule has 0 bridgehead atoms. The number of hydrogen-bond donors (Lipinski definition) is 0. The van der Waals surface area contributed by atoms with Gasteiger partial charge in [-0.25, -0.2) is 0 Å². The molecule has 0 aliphatic carbocycles. The molecule has 0 saturated carbocycles. The lowest BCUT2D eigenvalue weighted by atomic mass is 9.90. The molecule has 0 saturated heterocycles. The molecule has 3 nitrogen and oxygen atoms in total. The first kappa shape index (κ1) is 13.4. The number of rotatable bonds is 7. The number of methoxy groups -OCH3 is 1. The second-order valence-corrected chi connectivity index (χ2v) is 4.40. The molecule has 0 atom stereocenters. The topological polar surface area (TPSA) is 36.3 Å². The number of ether oxygens (including phenoxy) is 1. The third-order valence-electron chi connectivity index (χ3n) is 2.32. The molecule has 0 aliphatic heterocycles. The van der Waals surface area contributed by atoms with Crippen LogP contribution < -0.4 is 0 Å². The zero-order valence-corrected chi connectivity index (χ0v) is 9.84. The van der Waals surface area contributed by atoms with Crippen LogP contribution in [0.3, 0.4) is 0 Å². The SMILES string of the molecule is COCCN(C)CCCC(C)(C)C#N. The van der Waals surface area contributed by atoms with Gasteiger partial charge in [-0.2, -0.15) is 5.26 Å². The molecule has 0 fully saturated rings. The van der Waals surface area contributed by atoms with E-state index < -0.39 is 0 Å². The van der Waals surface area contributed by atoms with Crippen LogP contribution in [0.4, 0.5) is 0 Å². The van der Waals surface area contributed by atoms with Gasteiger partial charge in [-0.1, -0.05) is 0 Å². The Balaban J connectivity index is 3.50. The van der Waals surface area contributed by atoms with Gasteiger partial charge in [0.1, 0.15) is 0 Å². The fourth-order valence-corrected chi connectivity index (χ4v) is 1.21. The van der Waals surface area contributed by atoms with Crippen molar-refractivity contribution < 1.29 is 4.74 Å². The monoisotopic (exact) mass is 198 g/mol. The third kappa shape index (κ3) is 6.88. The molecule has 0 radical (unpaired) electrons. The summed E-state index contributed by atoms with van der Waals surface area (Å²) in [6.45, 7) is 6.75. The van der Waals surface area contributed by atoms with Gasteiger partial charge in [0.25, 0.3) is 0 Å². The zero-order chi connectivity index (χ0) is 11.0. The van der Waals surface area contributed by atoms with Gasteiger partial charge in [0.15, 0.2) is 0 Å². The first-order valence-corrected chi connectivity index (χ1v) is 5.10. The summed E-state index contributed by atoms with van der Waals surface area (Å²) in [5.74, 6) is 0. The Morgan fingerprint density at radius 1 is 1.36 bits per heavy atom. The number of hydrogen-bond acceptors (Lipinski definition) is 3. The molecular weight excluding hydrogens is 176 g/mol. The van der Waals surface area contributed by atoms with Crippen LogP contribution in [0.2, 0.25) is 0 Å². The standard InChI is InChI=1S/C11H22N2O/c1-11(2,10-12)6-5-7-13(3)8-9-14-4/h5-9H2,1-4H3. The lowest BCUT2D eigenvalue weighted by Crippen LogP contribution is -2.25. The largest absolute Gasteiger partial charge is 0.383 e. The summed E-state index contributed by atoms with van der Waals surface area (Å²) in [4.78, 5) is 2.23. The van der Waals surface area contributed by atoms with Crippen LogP contribution in [-0.4, -0.2) is 38.8 Å². The molecule has 0 aliphatic rings. The average molecular weight is 198 g/mol. The fraction of sp³-hybridized carbons (Fsp3) is 0.909. The zero-order valence-electron chi connectivity index (χ0n) is 9.84. The van der Waals surface area contributed by atoms with Crippen LogP contribution in [0.1, 0.15) is 26.7 Å². The van der Waals surface area contributed by atoms with Crippen molar-refractivity contribution in [2.45, 2.75) is 26.7 Å². The van der Waals surface area contributed by atoms with E-state index in [2.05, 4.69) is 18.0 Å². The molecule has 0 amide bonds. The van der Waals surface area contributed by atoms with Gasteiger partial charge in [0.05, 0.1) is 18.1 Å². The van der Waals surface area contributed by atoms with Crippen molar-refractivity contribution in [3.8, 4) is 6.07 Å². The molecule has 0 N–H and O–H groups in total. The van der Waals surface area contributed by atoms with E-state index in [-0.39, 0.29) is 5.41 Å². The van der Waals surface area contributed by atoms with E-state index in [1.165, 1.54) is 0 Å². The first-order valence-electron chi connectivity index (χ1n) is 5.10. The van der Waals surface area contributed by atoms with Gasteiger partial charge < -0.3 is 9.64 Å². The summed E-state index contributed by atoms with van der Waals surface area (Å²) in [6, 6.07) is 2.32. The fourth-order valence-electron chi connectivity index (χ4n) is 1.21. The Labute approximate surface area is 87.7 Å². The Morgan fingerprint density at radius 3 is 2.50 bits per heavy atom. The summed E-state index contributed by atoms with van der Waals surface area (Å²) in [5.41, 5.74) is -0.178. The third-order valence-corrected chi connectivity index (χ3v) is 2.32. The van der Waals surface area contributed by atoms with E-state index in [4.69, 9.17) is 10.00 Å². The lowest BCUT2D eigenvalue weighted by molar-refractivity contribution is 0.159. The highest BCUT2D eigenvalue weighted by atomic mass is 16.5. The molecular formula is C11H22N2O. The smallest absolute Gasteiger partial charge is 0.0683 e. The second kappa shape index (κ2) is 6.80. The molecule has 0 rings (SSSR count). The predicted octanol–water partition coefficient (Wildman–Crippen LogP) is 1.89. The molecule has 0 heterocycles. The van der Waals surface area contributed by atoms with Crippen LogP contribution in [0.15, 0.2) is 0 Å². The van der Waals surface area contributed by atoms with Crippen molar-refractivity contribution >= 4 is 0 Å². The van der Waals surface area contributed by atoms with Gasteiger partial charge >= 0.3 is 0 Å². The maximum atomic E-state index is 8.82. The van der Waals surface area contributed by atoms with E-state index in [0.717, 1.165) is 32.5 Å². The van der Waals surface area contributed by atoms with Crippen molar-refractivity contribution in [3.05, 3.63) is 0 Å². The molecule has 3 heteroatoms. The quantitative estimate of drug-likeness (QED) is 0.627. The van der Waals surface area contributed by atoms with Crippen LogP contribution in [0.5, 0.6) is 0 Å². The van der Waals surface area contributed by atoms with Gasteiger partial charge in [-0.3, -0.25) is 0 Å². The second-order valence-electron chi connectivity index (χ2n) is 4.40. The molecule has 82 valence electrons. The average Bonchev–Trinajstić information content (AvgIpc) is 2.14. The van der Waals surface area contributed by atoms with Crippen LogP contribution >= 0.6 is 0 Å². The number of nitriles is 1. The maximum absolute atomic E-state index is 8.82. The van der Waals surface area contributed by atoms with E-state index in [0.29, 0.717) is 0 Å². The Kier molecular flexibility index (Phi) is 6.52. The summed E-state index contributed by atoms with van der Waals surface area (Å²) in [7, 11) is 3.80. The van der Waals surface area contributed by atoms with Crippen LogP contribution in [0.25, 0.3) is 0 Å². The van der Waals surface area contributed by atoms with Gasteiger partial charge in [0, 0.05) is 13.7 Å². The van der Waals surface area contributed by atoms with Gasteiger partial charge in [-0.05, 0) is 40.3 Å². The molecule has 0 aromatic heterocycles. The van der Waals surface area contributed by atoms with Crippen molar-refractivity contribution in [2.75, 3.05) is 33.9 Å². The van der Waals surface area contributed by atoms with Crippen molar-refractivity contribution in [1.29, 1.82) is 5.26 Å². The maximum Gasteiger partial charge on any atom is 0.0683 e. The summed E-state index contributed by atoms with van der Waals surface area (Å²) in [6.07, 6.45) is 2.03. The minimum absolute atomic E-state index is 0.178. The Bertz CT molecular complexity index is 184. The van der Waals surface area contributed by atoms with E-state index in [9.17, 15) is 0 Å². The number of likely N-dealkylation sites (N-methyl/N-ethyl adjacent to an activating group) is 1. The van der Waals surface area contributed by atoms with Crippen molar-refractivity contribution in [2.24, 2.45) is 5.41 Å². The molecule has 0 spiro atoms. The molecule has 0 aromatic rings. The Hall–Kier alpha value is -0.590. The normalized spacial score (nSPS) is 11.7. The summed E-state index contributed by atoms with van der Waals surface area (Å²) >= 11 is 0. The van der Waals surface area contributed by atoms with E-state index >= 15 is 0 Å². The highest BCUT2D eigenvalue weighted by Crippen LogP contribution is 2.20. The van der Waals surface area contributed by atoms with Crippen molar-refractivity contribution in [1.82, 2.24) is 4.90 Å². The predicted molar refractivity (Wildman–Crippen MR) is 58.0 cm³/mol. The first-order chi connectivity index (χ1) is 6.52. The van der Waals surface area contributed by atoms with Crippen molar-refractivity contribution in [3.63, 3.8) is 0 Å². The van der Waals surface area contributed by atoms with Gasteiger partial charge in [0.2, 0.25) is 0 Å². The Morgan fingerprint density at radius 2 is 2.00 bits per heavy atom. The van der Waals surface area contributed by atoms with Crippen LogP contribution in [0, 0.1) is 16.7 Å². The lowest BCUT2D eigenvalue weighted by Gasteiger charge is -2.19. The molecule has 14 heavy (non-hydrogen) atoms. The van der Waals surface area contributed by atoms with Crippen LogP contribution in [-0.2, 0) is 4.74 Å².